The molecule has 0 saturated carbocycles. The molecule has 27 heavy (non-hydrogen) atoms. The summed E-state index contributed by atoms with van der Waals surface area (Å²) in [6.45, 7) is 6.23. The topological polar surface area (TPSA) is 49.4 Å². The third kappa shape index (κ3) is 6.75. The predicted molar refractivity (Wildman–Crippen MR) is 112 cm³/mol. The molecule has 0 aromatic heterocycles. The lowest BCUT2D eigenvalue weighted by Gasteiger charge is -2.31. The van der Waals surface area contributed by atoms with E-state index >= 15 is 0 Å². The van der Waals surface area contributed by atoms with E-state index < -0.39 is 6.04 Å². The number of carbonyl (C=O) groups excluding carboxylic acids is 2. The zero-order valence-corrected chi connectivity index (χ0v) is 17.0. The van der Waals surface area contributed by atoms with Crippen molar-refractivity contribution in [2.45, 2.75) is 50.7 Å². The summed E-state index contributed by atoms with van der Waals surface area (Å²) in [5.74, 6) is 0.183. The van der Waals surface area contributed by atoms with Crippen LogP contribution >= 0.6 is 11.8 Å². The molecule has 0 fully saturated rings. The number of rotatable bonds is 9. The standard InChI is InChI=1S/C22H28N2O2S/c1-4-20(22(26)23-17(2)3)24(15-18-11-7-5-8-12-18)21(25)16-27-19-13-9-6-10-14-19/h5-14,17,20H,4,15-16H2,1-3H3,(H,23,26). The van der Waals surface area contributed by atoms with E-state index in [-0.39, 0.29) is 17.9 Å². The molecule has 2 rings (SSSR count). The second kappa shape index (κ2) is 10.8. The Balaban J connectivity index is 2.16. The highest BCUT2D eigenvalue weighted by Gasteiger charge is 2.28. The summed E-state index contributed by atoms with van der Waals surface area (Å²) in [6.07, 6.45) is 0.577. The lowest BCUT2D eigenvalue weighted by Crippen LogP contribution is -2.50. The third-order valence-electron chi connectivity index (χ3n) is 4.12. The van der Waals surface area contributed by atoms with Gasteiger partial charge in [0.05, 0.1) is 5.75 Å². The summed E-state index contributed by atoms with van der Waals surface area (Å²) in [4.78, 5) is 28.5. The average Bonchev–Trinajstić information content (AvgIpc) is 2.67. The highest BCUT2D eigenvalue weighted by Crippen LogP contribution is 2.20. The van der Waals surface area contributed by atoms with Crippen molar-refractivity contribution in [1.29, 1.82) is 0 Å². The molecule has 0 bridgehead atoms. The Morgan fingerprint density at radius 3 is 2.15 bits per heavy atom. The molecule has 1 unspecified atom stereocenters. The average molecular weight is 385 g/mol. The van der Waals surface area contributed by atoms with Crippen LogP contribution in [0, 0.1) is 0 Å². The van der Waals surface area contributed by atoms with Crippen LogP contribution in [0.15, 0.2) is 65.6 Å². The maximum Gasteiger partial charge on any atom is 0.243 e. The Hall–Kier alpha value is -2.27. The Morgan fingerprint density at radius 1 is 1.00 bits per heavy atom. The number of nitrogens with one attached hydrogen (secondary N) is 1. The van der Waals surface area contributed by atoms with Gasteiger partial charge in [0.1, 0.15) is 6.04 Å². The van der Waals surface area contributed by atoms with E-state index in [0.29, 0.717) is 18.7 Å². The number of benzene rings is 2. The minimum Gasteiger partial charge on any atom is -0.352 e. The first-order valence-corrected chi connectivity index (χ1v) is 10.3. The van der Waals surface area contributed by atoms with Crippen LogP contribution < -0.4 is 5.32 Å². The largest absolute Gasteiger partial charge is 0.352 e. The zero-order chi connectivity index (χ0) is 19.6. The van der Waals surface area contributed by atoms with Gasteiger partial charge in [0, 0.05) is 17.5 Å². The van der Waals surface area contributed by atoms with Crippen molar-refractivity contribution in [1.82, 2.24) is 10.2 Å². The molecule has 0 aliphatic rings. The summed E-state index contributed by atoms with van der Waals surface area (Å²) in [7, 11) is 0. The minimum absolute atomic E-state index is 0.0292. The second-order valence-electron chi connectivity index (χ2n) is 6.70. The zero-order valence-electron chi connectivity index (χ0n) is 16.2. The van der Waals surface area contributed by atoms with Crippen LogP contribution in [0.3, 0.4) is 0 Å². The van der Waals surface area contributed by atoms with Gasteiger partial charge in [-0.25, -0.2) is 0 Å². The van der Waals surface area contributed by atoms with Crippen molar-refractivity contribution in [2.24, 2.45) is 0 Å². The molecule has 144 valence electrons. The van der Waals surface area contributed by atoms with Gasteiger partial charge in [-0.2, -0.15) is 0 Å². The number of nitrogens with zero attached hydrogens (tertiary/aromatic N) is 1. The van der Waals surface area contributed by atoms with Crippen molar-refractivity contribution < 1.29 is 9.59 Å². The van der Waals surface area contributed by atoms with Gasteiger partial charge in [0.25, 0.3) is 0 Å². The van der Waals surface area contributed by atoms with Crippen LogP contribution in [0.5, 0.6) is 0 Å². The first-order chi connectivity index (χ1) is 13.0. The van der Waals surface area contributed by atoms with Crippen molar-refractivity contribution in [3.63, 3.8) is 0 Å². The summed E-state index contributed by atoms with van der Waals surface area (Å²) in [6, 6.07) is 19.2. The molecule has 2 aromatic carbocycles. The van der Waals surface area contributed by atoms with E-state index in [2.05, 4.69) is 5.32 Å². The van der Waals surface area contributed by atoms with E-state index in [4.69, 9.17) is 0 Å². The van der Waals surface area contributed by atoms with E-state index in [1.54, 1.807) is 4.90 Å². The van der Waals surface area contributed by atoms with Gasteiger partial charge in [0.2, 0.25) is 11.8 Å². The van der Waals surface area contributed by atoms with Gasteiger partial charge in [0.15, 0.2) is 0 Å². The van der Waals surface area contributed by atoms with Crippen molar-refractivity contribution in [3.8, 4) is 0 Å². The normalized spacial score (nSPS) is 11.9. The van der Waals surface area contributed by atoms with Crippen molar-refractivity contribution in [3.05, 3.63) is 66.2 Å². The van der Waals surface area contributed by atoms with Crippen LogP contribution in [0.1, 0.15) is 32.8 Å². The Kier molecular flexibility index (Phi) is 8.40. The molecule has 2 aromatic rings. The molecule has 5 heteroatoms. The lowest BCUT2D eigenvalue weighted by molar-refractivity contribution is -0.139. The maximum atomic E-state index is 13.0. The fourth-order valence-corrected chi connectivity index (χ4v) is 3.63. The van der Waals surface area contributed by atoms with Crippen molar-refractivity contribution in [2.75, 3.05) is 5.75 Å². The van der Waals surface area contributed by atoms with E-state index in [1.165, 1.54) is 11.8 Å². The van der Waals surface area contributed by atoms with E-state index in [9.17, 15) is 9.59 Å². The SMILES string of the molecule is CCC(C(=O)NC(C)C)N(Cc1ccccc1)C(=O)CSc1ccccc1. The number of hydrogen-bond acceptors (Lipinski definition) is 3. The van der Waals surface area contributed by atoms with Crippen LogP contribution in [0.4, 0.5) is 0 Å². The van der Waals surface area contributed by atoms with E-state index in [0.717, 1.165) is 10.5 Å². The smallest absolute Gasteiger partial charge is 0.243 e. The molecule has 1 N–H and O–H groups in total. The molecule has 0 aliphatic heterocycles. The maximum absolute atomic E-state index is 13.0. The van der Waals surface area contributed by atoms with Gasteiger partial charge < -0.3 is 10.2 Å². The summed E-state index contributed by atoms with van der Waals surface area (Å²) < 4.78 is 0. The third-order valence-corrected chi connectivity index (χ3v) is 5.11. The monoisotopic (exact) mass is 384 g/mol. The molecule has 0 saturated heterocycles. The van der Waals surface area contributed by atoms with Crippen LogP contribution in [-0.4, -0.2) is 34.6 Å². The van der Waals surface area contributed by atoms with Gasteiger partial charge in [-0.15, -0.1) is 11.8 Å². The predicted octanol–water partition coefficient (Wildman–Crippen LogP) is 4.11. The second-order valence-corrected chi connectivity index (χ2v) is 7.75. The quantitative estimate of drug-likeness (QED) is 0.662. The van der Waals surface area contributed by atoms with Gasteiger partial charge >= 0.3 is 0 Å². The highest BCUT2D eigenvalue weighted by molar-refractivity contribution is 8.00. The first kappa shape index (κ1) is 21.0. The highest BCUT2D eigenvalue weighted by atomic mass is 32.2. The molecule has 0 radical (unpaired) electrons. The molecule has 0 heterocycles. The van der Waals surface area contributed by atoms with Crippen LogP contribution in [-0.2, 0) is 16.1 Å². The fraction of sp³-hybridized carbons (Fsp3) is 0.364. The first-order valence-electron chi connectivity index (χ1n) is 9.32. The summed E-state index contributed by atoms with van der Waals surface area (Å²) >= 11 is 1.50. The van der Waals surface area contributed by atoms with Crippen LogP contribution in [0.2, 0.25) is 0 Å². The Bertz CT molecular complexity index is 720. The molecule has 0 spiro atoms. The number of carbonyl (C=O) groups is 2. The molecule has 1 atom stereocenters. The molecule has 2 amide bonds. The number of amides is 2. The number of thioether (sulfide) groups is 1. The van der Waals surface area contributed by atoms with Gasteiger partial charge in [-0.3, -0.25) is 9.59 Å². The van der Waals surface area contributed by atoms with Crippen molar-refractivity contribution >= 4 is 23.6 Å². The summed E-state index contributed by atoms with van der Waals surface area (Å²) in [5, 5.41) is 2.95. The van der Waals surface area contributed by atoms with Gasteiger partial charge in [-0.1, -0.05) is 55.5 Å². The Morgan fingerprint density at radius 2 is 1.59 bits per heavy atom. The fourth-order valence-electron chi connectivity index (χ4n) is 2.83. The van der Waals surface area contributed by atoms with Gasteiger partial charge in [-0.05, 0) is 38.0 Å². The Labute approximate surface area is 166 Å². The van der Waals surface area contributed by atoms with E-state index in [1.807, 2.05) is 81.4 Å². The molecule has 4 nitrogen and oxygen atoms in total. The number of hydrogen-bond donors (Lipinski definition) is 1. The molecular formula is C22H28N2O2S. The molecular weight excluding hydrogens is 356 g/mol. The summed E-state index contributed by atoms with van der Waals surface area (Å²) in [5.41, 5.74) is 1.02. The van der Waals surface area contributed by atoms with Crippen LogP contribution in [0.25, 0.3) is 0 Å². The lowest BCUT2D eigenvalue weighted by atomic mass is 10.1. The molecule has 0 aliphatic carbocycles. The minimum atomic E-state index is -0.475.